The first-order valence-electron chi connectivity index (χ1n) is 6.09. The maximum absolute atomic E-state index is 9.30. The van der Waals surface area contributed by atoms with E-state index in [1.165, 1.54) is 11.3 Å². The summed E-state index contributed by atoms with van der Waals surface area (Å²) in [5.74, 6) is 0.234. The number of aromatic nitrogens is 1. The van der Waals surface area contributed by atoms with Crippen molar-refractivity contribution in [2.45, 2.75) is 0 Å². The van der Waals surface area contributed by atoms with E-state index >= 15 is 0 Å². The van der Waals surface area contributed by atoms with Gasteiger partial charge in [0.2, 0.25) is 0 Å². The standard InChI is InChI=1S/C15H10Cl2N2OS/c16-11-2-1-3-12(14(11)17)18-15-19-13(8-21-15)9-4-6-10(20)7-5-9/h1-8,20H,(H,18,19). The van der Waals surface area contributed by atoms with Crippen molar-refractivity contribution in [3.63, 3.8) is 0 Å². The molecule has 6 heteroatoms. The number of halogens is 2. The van der Waals surface area contributed by atoms with Crippen LogP contribution >= 0.6 is 34.5 Å². The predicted molar refractivity (Wildman–Crippen MR) is 89.0 cm³/mol. The molecule has 0 fully saturated rings. The topological polar surface area (TPSA) is 45.1 Å². The van der Waals surface area contributed by atoms with E-state index in [1.807, 2.05) is 29.6 Å². The van der Waals surface area contributed by atoms with Gasteiger partial charge in [0.25, 0.3) is 0 Å². The fraction of sp³-hybridized carbons (Fsp3) is 0. The Morgan fingerprint density at radius 1 is 1.05 bits per heavy atom. The molecule has 0 aliphatic rings. The summed E-state index contributed by atoms with van der Waals surface area (Å²) in [6.07, 6.45) is 0. The summed E-state index contributed by atoms with van der Waals surface area (Å²) in [6.45, 7) is 0. The molecule has 0 radical (unpaired) electrons. The van der Waals surface area contributed by atoms with Gasteiger partial charge in [-0.1, -0.05) is 29.3 Å². The second kappa shape index (κ2) is 5.93. The smallest absolute Gasteiger partial charge is 0.187 e. The molecule has 1 heterocycles. The van der Waals surface area contributed by atoms with Gasteiger partial charge in [0, 0.05) is 10.9 Å². The molecule has 21 heavy (non-hydrogen) atoms. The van der Waals surface area contributed by atoms with Crippen molar-refractivity contribution in [1.82, 2.24) is 4.98 Å². The zero-order valence-corrected chi connectivity index (χ0v) is 13.0. The van der Waals surface area contributed by atoms with Gasteiger partial charge in [-0.3, -0.25) is 0 Å². The molecule has 0 spiro atoms. The zero-order chi connectivity index (χ0) is 14.8. The van der Waals surface area contributed by atoms with E-state index in [9.17, 15) is 5.11 Å². The molecule has 0 amide bonds. The van der Waals surface area contributed by atoms with Gasteiger partial charge >= 0.3 is 0 Å². The van der Waals surface area contributed by atoms with Gasteiger partial charge < -0.3 is 10.4 Å². The minimum absolute atomic E-state index is 0.234. The van der Waals surface area contributed by atoms with E-state index < -0.39 is 0 Å². The Balaban J connectivity index is 1.85. The summed E-state index contributed by atoms with van der Waals surface area (Å²) < 4.78 is 0. The molecule has 3 rings (SSSR count). The SMILES string of the molecule is Oc1ccc(-c2csc(Nc3cccc(Cl)c3Cl)n2)cc1. The molecule has 0 saturated heterocycles. The number of phenols is 1. The molecule has 3 nitrogen and oxygen atoms in total. The summed E-state index contributed by atoms with van der Waals surface area (Å²) in [5.41, 5.74) is 2.49. The zero-order valence-electron chi connectivity index (χ0n) is 10.7. The summed E-state index contributed by atoms with van der Waals surface area (Å²) in [4.78, 5) is 4.50. The second-order valence-electron chi connectivity index (χ2n) is 4.31. The number of hydrogen-bond donors (Lipinski definition) is 2. The number of anilines is 2. The van der Waals surface area contributed by atoms with Crippen molar-refractivity contribution < 1.29 is 5.11 Å². The Morgan fingerprint density at radius 2 is 1.81 bits per heavy atom. The molecular weight excluding hydrogens is 327 g/mol. The molecule has 2 aromatic carbocycles. The number of nitrogens with zero attached hydrogens (tertiary/aromatic N) is 1. The highest BCUT2D eigenvalue weighted by molar-refractivity contribution is 7.14. The lowest BCUT2D eigenvalue weighted by molar-refractivity contribution is 0.475. The molecule has 0 aliphatic heterocycles. The average molecular weight is 337 g/mol. The van der Waals surface area contributed by atoms with E-state index in [2.05, 4.69) is 10.3 Å². The van der Waals surface area contributed by atoms with Crippen LogP contribution in [0.3, 0.4) is 0 Å². The lowest BCUT2D eigenvalue weighted by atomic mass is 10.2. The van der Waals surface area contributed by atoms with E-state index in [4.69, 9.17) is 23.2 Å². The monoisotopic (exact) mass is 336 g/mol. The number of aromatic hydroxyl groups is 1. The van der Waals surface area contributed by atoms with Crippen LogP contribution in [0.2, 0.25) is 10.0 Å². The molecule has 0 unspecified atom stereocenters. The minimum atomic E-state index is 0.234. The normalized spacial score (nSPS) is 10.6. The highest BCUT2D eigenvalue weighted by Gasteiger charge is 2.08. The second-order valence-corrected chi connectivity index (χ2v) is 5.95. The number of nitrogens with one attached hydrogen (secondary N) is 1. The fourth-order valence-corrected chi connectivity index (χ4v) is 2.89. The van der Waals surface area contributed by atoms with Crippen LogP contribution in [-0.2, 0) is 0 Å². The van der Waals surface area contributed by atoms with E-state index in [1.54, 1.807) is 18.2 Å². The molecule has 0 saturated carbocycles. The van der Waals surface area contributed by atoms with Gasteiger partial charge in [-0.2, -0.15) is 0 Å². The largest absolute Gasteiger partial charge is 0.508 e. The van der Waals surface area contributed by atoms with Gasteiger partial charge in [-0.05, 0) is 36.4 Å². The molecule has 3 aromatic rings. The molecule has 2 N–H and O–H groups in total. The molecule has 106 valence electrons. The third kappa shape index (κ3) is 3.13. The van der Waals surface area contributed by atoms with Crippen molar-refractivity contribution in [2.24, 2.45) is 0 Å². The maximum Gasteiger partial charge on any atom is 0.187 e. The summed E-state index contributed by atoms with van der Waals surface area (Å²) in [5, 5.41) is 16.1. The van der Waals surface area contributed by atoms with Crippen molar-refractivity contribution >= 4 is 45.4 Å². The Kier molecular flexibility index (Phi) is 4.01. The number of phenolic OH excluding ortho intramolecular Hbond substituents is 1. The van der Waals surface area contributed by atoms with Crippen LogP contribution in [0.5, 0.6) is 5.75 Å². The molecule has 0 aliphatic carbocycles. The van der Waals surface area contributed by atoms with E-state index in [-0.39, 0.29) is 5.75 Å². The van der Waals surface area contributed by atoms with Crippen LogP contribution in [-0.4, -0.2) is 10.1 Å². The van der Waals surface area contributed by atoms with Crippen LogP contribution < -0.4 is 5.32 Å². The van der Waals surface area contributed by atoms with E-state index in [0.717, 1.165) is 22.1 Å². The summed E-state index contributed by atoms with van der Waals surface area (Å²) in [7, 11) is 0. The number of hydrogen-bond acceptors (Lipinski definition) is 4. The quantitative estimate of drug-likeness (QED) is 0.657. The van der Waals surface area contributed by atoms with Gasteiger partial charge in [0.15, 0.2) is 5.13 Å². The number of rotatable bonds is 3. The highest BCUT2D eigenvalue weighted by atomic mass is 35.5. The Morgan fingerprint density at radius 3 is 2.57 bits per heavy atom. The summed E-state index contributed by atoms with van der Waals surface area (Å²) in [6, 6.07) is 12.3. The molecule has 0 bridgehead atoms. The van der Waals surface area contributed by atoms with E-state index in [0.29, 0.717) is 10.0 Å². The van der Waals surface area contributed by atoms with Gasteiger partial charge in [0.05, 0.1) is 21.4 Å². The maximum atomic E-state index is 9.30. The first-order valence-corrected chi connectivity index (χ1v) is 7.73. The van der Waals surface area contributed by atoms with Crippen LogP contribution in [0.25, 0.3) is 11.3 Å². The van der Waals surface area contributed by atoms with Crippen molar-refractivity contribution in [3.8, 4) is 17.0 Å². The fourth-order valence-electron chi connectivity index (χ4n) is 1.81. The lowest BCUT2D eigenvalue weighted by Gasteiger charge is -2.05. The van der Waals surface area contributed by atoms with Gasteiger partial charge in [-0.15, -0.1) is 11.3 Å². The predicted octanol–water partition coefficient (Wildman–Crippen LogP) is 5.57. The first kappa shape index (κ1) is 14.2. The third-order valence-corrected chi connectivity index (χ3v) is 4.44. The Bertz CT molecular complexity index is 772. The Labute approximate surface area is 135 Å². The molecule has 1 aromatic heterocycles. The van der Waals surface area contributed by atoms with Crippen LogP contribution in [0.4, 0.5) is 10.8 Å². The number of benzene rings is 2. The summed E-state index contributed by atoms with van der Waals surface area (Å²) >= 11 is 13.6. The van der Waals surface area contributed by atoms with Crippen LogP contribution in [0.1, 0.15) is 0 Å². The highest BCUT2D eigenvalue weighted by Crippen LogP contribution is 2.33. The van der Waals surface area contributed by atoms with Crippen LogP contribution in [0.15, 0.2) is 47.8 Å². The Hall–Kier alpha value is -1.75. The van der Waals surface area contributed by atoms with Gasteiger partial charge in [0.1, 0.15) is 5.75 Å². The number of thiazole rings is 1. The van der Waals surface area contributed by atoms with Crippen molar-refractivity contribution in [1.29, 1.82) is 0 Å². The molecular formula is C15H10Cl2N2OS. The van der Waals surface area contributed by atoms with Crippen LogP contribution in [0, 0.1) is 0 Å². The van der Waals surface area contributed by atoms with Gasteiger partial charge in [-0.25, -0.2) is 4.98 Å². The first-order chi connectivity index (χ1) is 10.1. The molecule has 0 atom stereocenters. The average Bonchev–Trinajstić information content (AvgIpc) is 2.93. The van der Waals surface area contributed by atoms with Crippen molar-refractivity contribution in [3.05, 3.63) is 57.9 Å². The lowest BCUT2D eigenvalue weighted by Crippen LogP contribution is -1.90. The van der Waals surface area contributed by atoms with Crippen molar-refractivity contribution in [2.75, 3.05) is 5.32 Å². The minimum Gasteiger partial charge on any atom is -0.508 e. The third-order valence-electron chi connectivity index (χ3n) is 2.86.